The number of ether oxygens (including phenoxy) is 1. The summed E-state index contributed by atoms with van der Waals surface area (Å²) in [6.45, 7) is 3.19. The number of carbonyl (C=O) groups is 1. The van der Waals surface area contributed by atoms with Gasteiger partial charge in [0.2, 0.25) is 0 Å². The Balaban J connectivity index is 3.11. The van der Waals surface area contributed by atoms with Crippen molar-refractivity contribution < 1.29 is 19.7 Å². The molecule has 2 N–H and O–H groups in total. The lowest BCUT2D eigenvalue weighted by atomic mass is 9.85. The van der Waals surface area contributed by atoms with Crippen LogP contribution >= 0.6 is 11.6 Å². The van der Waals surface area contributed by atoms with Crippen LogP contribution in [-0.4, -0.2) is 23.3 Å². The summed E-state index contributed by atoms with van der Waals surface area (Å²) < 4.78 is 5.03. The van der Waals surface area contributed by atoms with Gasteiger partial charge in [-0.05, 0) is 31.9 Å². The van der Waals surface area contributed by atoms with Crippen LogP contribution in [0.1, 0.15) is 19.4 Å². The molecule has 0 saturated carbocycles. The standard InChI is InChI=1S/C12H15ClO4/c1-12(2,11(15)16)6-7-4-10(17-3)8(13)5-9(7)14/h4-5,14H,6H2,1-3H3,(H,15,16). The molecule has 0 spiro atoms. The number of halogens is 1. The number of aromatic hydroxyl groups is 1. The first kappa shape index (κ1) is 13.6. The summed E-state index contributed by atoms with van der Waals surface area (Å²) in [6.07, 6.45) is 0.196. The minimum absolute atomic E-state index is 0.0230. The summed E-state index contributed by atoms with van der Waals surface area (Å²) in [5.41, 5.74) is -0.463. The number of benzene rings is 1. The Morgan fingerprint density at radius 1 is 1.47 bits per heavy atom. The number of carboxylic acid groups (broad SMARTS) is 1. The van der Waals surface area contributed by atoms with Gasteiger partial charge in [-0.25, -0.2) is 0 Å². The molecule has 0 heterocycles. The van der Waals surface area contributed by atoms with Gasteiger partial charge in [-0.1, -0.05) is 11.6 Å². The van der Waals surface area contributed by atoms with E-state index in [0.717, 1.165) is 0 Å². The molecule has 0 bridgehead atoms. The SMILES string of the molecule is COc1cc(CC(C)(C)C(=O)O)c(O)cc1Cl. The molecule has 1 rings (SSSR count). The Labute approximate surface area is 105 Å². The van der Waals surface area contributed by atoms with E-state index in [9.17, 15) is 9.90 Å². The summed E-state index contributed by atoms with van der Waals surface area (Å²) in [6, 6.07) is 2.91. The summed E-state index contributed by atoms with van der Waals surface area (Å²) in [7, 11) is 1.46. The minimum atomic E-state index is -0.962. The first-order valence-corrected chi connectivity index (χ1v) is 5.44. The molecule has 17 heavy (non-hydrogen) atoms. The molecule has 4 nitrogen and oxygen atoms in total. The van der Waals surface area contributed by atoms with Crippen molar-refractivity contribution in [3.63, 3.8) is 0 Å². The monoisotopic (exact) mass is 258 g/mol. The van der Waals surface area contributed by atoms with E-state index in [-0.39, 0.29) is 12.2 Å². The largest absolute Gasteiger partial charge is 0.508 e. The molecule has 0 aliphatic rings. The highest BCUT2D eigenvalue weighted by atomic mass is 35.5. The summed E-state index contributed by atoms with van der Waals surface area (Å²) in [5.74, 6) is -0.531. The fourth-order valence-electron chi connectivity index (χ4n) is 1.43. The van der Waals surface area contributed by atoms with Gasteiger partial charge in [-0.15, -0.1) is 0 Å². The zero-order valence-electron chi connectivity index (χ0n) is 9.95. The molecule has 0 amide bonds. The quantitative estimate of drug-likeness (QED) is 0.871. The van der Waals surface area contributed by atoms with Crippen LogP contribution in [0, 0.1) is 5.41 Å². The fraction of sp³-hybridized carbons (Fsp3) is 0.417. The van der Waals surface area contributed by atoms with Gasteiger partial charge < -0.3 is 14.9 Å². The molecule has 0 atom stereocenters. The van der Waals surface area contributed by atoms with Crippen molar-refractivity contribution in [1.29, 1.82) is 0 Å². The average molecular weight is 259 g/mol. The van der Waals surface area contributed by atoms with Crippen LogP contribution in [0.25, 0.3) is 0 Å². The number of methoxy groups -OCH3 is 1. The van der Waals surface area contributed by atoms with Crippen molar-refractivity contribution in [2.45, 2.75) is 20.3 Å². The first-order chi connectivity index (χ1) is 7.77. The van der Waals surface area contributed by atoms with E-state index >= 15 is 0 Å². The Kier molecular flexibility index (Phi) is 3.88. The van der Waals surface area contributed by atoms with Crippen LogP contribution in [0.15, 0.2) is 12.1 Å². The smallest absolute Gasteiger partial charge is 0.309 e. The van der Waals surface area contributed by atoms with Crippen molar-refractivity contribution in [1.82, 2.24) is 0 Å². The normalized spacial score (nSPS) is 11.3. The maximum absolute atomic E-state index is 11.0. The van der Waals surface area contributed by atoms with E-state index in [1.807, 2.05) is 0 Å². The van der Waals surface area contributed by atoms with Gasteiger partial charge in [-0.2, -0.15) is 0 Å². The van der Waals surface area contributed by atoms with E-state index in [1.165, 1.54) is 13.2 Å². The molecule has 1 aromatic carbocycles. The Morgan fingerprint density at radius 2 is 2.06 bits per heavy atom. The zero-order chi connectivity index (χ0) is 13.2. The summed E-state index contributed by atoms with van der Waals surface area (Å²) in [4.78, 5) is 11.0. The lowest BCUT2D eigenvalue weighted by Gasteiger charge is -2.20. The number of phenols is 1. The third-order valence-electron chi connectivity index (χ3n) is 2.56. The van der Waals surface area contributed by atoms with Gasteiger partial charge in [-0.3, -0.25) is 4.79 Å². The van der Waals surface area contributed by atoms with Crippen LogP contribution in [0.5, 0.6) is 11.5 Å². The number of carboxylic acids is 1. The van der Waals surface area contributed by atoms with E-state index < -0.39 is 11.4 Å². The third kappa shape index (κ3) is 3.03. The molecule has 0 fully saturated rings. The highest BCUT2D eigenvalue weighted by molar-refractivity contribution is 6.32. The van der Waals surface area contributed by atoms with Crippen molar-refractivity contribution in [3.05, 3.63) is 22.7 Å². The second-order valence-electron chi connectivity index (χ2n) is 4.48. The highest BCUT2D eigenvalue weighted by Crippen LogP contribution is 2.35. The van der Waals surface area contributed by atoms with Gasteiger partial charge in [0.05, 0.1) is 17.5 Å². The lowest BCUT2D eigenvalue weighted by molar-refractivity contribution is -0.146. The Morgan fingerprint density at radius 3 is 2.53 bits per heavy atom. The first-order valence-electron chi connectivity index (χ1n) is 5.06. The third-order valence-corrected chi connectivity index (χ3v) is 2.86. The number of aliphatic carboxylic acids is 1. The average Bonchev–Trinajstić information content (AvgIpc) is 2.21. The minimum Gasteiger partial charge on any atom is -0.508 e. The van der Waals surface area contributed by atoms with Crippen molar-refractivity contribution >= 4 is 17.6 Å². The predicted molar refractivity (Wildman–Crippen MR) is 64.8 cm³/mol. The van der Waals surface area contributed by atoms with Gasteiger partial charge >= 0.3 is 5.97 Å². The van der Waals surface area contributed by atoms with Crippen LogP contribution in [0.4, 0.5) is 0 Å². The topological polar surface area (TPSA) is 66.8 Å². The second-order valence-corrected chi connectivity index (χ2v) is 4.89. The van der Waals surface area contributed by atoms with Crippen LogP contribution in [0.2, 0.25) is 5.02 Å². The van der Waals surface area contributed by atoms with Gasteiger partial charge in [0, 0.05) is 6.07 Å². The van der Waals surface area contributed by atoms with Crippen molar-refractivity contribution in [3.8, 4) is 11.5 Å². The second kappa shape index (κ2) is 4.84. The number of hydrogen-bond donors (Lipinski definition) is 2. The highest BCUT2D eigenvalue weighted by Gasteiger charge is 2.29. The summed E-state index contributed by atoms with van der Waals surface area (Å²) >= 11 is 5.83. The number of hydrogen-bond acceptors (Lipinski definition) is 3. The maximum atomic E-state index is 11.0. The van der Waals surface area contributed by atoms with Gasteiger partial charge in [0.15, 0.2) is 0 Å². The number of rotatable bonds is 4. The molecular weight excluding hydrogens is 244 g/mol. The fourth-order valence-corrected chi connectivity index (χ4v) is 1.67. The molecule has 0 aromatic heterocycles. The van der Waals surface area contributed by atoms with Crippen molar-refractivity contribution in [2.75, 3.05) is 7.11 Å². The van der Waals surface area contributed by atoms with Gasteiger partial charge in [0.25, 0.3) is 0 Å². The molecule has 0 unspecified atom stereocenters. The van der Waals surface area contributed by atoms with Crippen LogP contribution < -0.4 is 4.74 Å². The zero-order valence-corrected chi connectivity index (χ0v) is 10.7. The van der Waals surface area contributed by atoms with E-state index in [0.29, 0.717) is 16.3 Å². The van der Waals surface area contributed by atoms with E-state index in [2.05, 4.69) is 0 Å². The molecule has 0 saturated heterocycles. The molecule has 0 aliphatic carbocycles. The molecule has 94 valence electrons. The maximum Gasteiger partial charge on any atom is 0.309 e. The Bertz CT molecular complexity index is 440. The molecule has 0 radical (unpaired) electrons. The number of phenolic OH excluding ortho intramolecular Hbond substituents is 1. The van der Waals surface area contributed by atoms with E-state index in [4.69, 9.17) is 21.4 Å². The van der Waals surface area contributed by atoms with Crippen LogP contribution in [-0.2, 0) is 11.2 Å². The molecule has 1 aromatic rings. The van der Waals surface area contributed by atoms with Crippen LogP contribution in [0.3, 0.4) is 0 Å². The molecule has 0 aliphatic heterocycles. The lowest BCUT2D eigenvalue weighted by Crippen LogP contribution is -2.26. The van der Waals surface area contributed by atoms with Crippen molar-refractivity contribution in [2.24, 2.45) is 5.41 Å². The Hall–Kier alpha value is -1.42. The predicted octanol–water partition coefficient (Wildman–Crippen LogP) is 2.71. The molecule has 5 heteroatoms. The summed E-state index contributed by atoms with van der Waals surface area (Å²) in [5, 5.41) is 19.1. The van der Waals surface area contributed by atoms with Gasteiger partial charge in [0.1, 0.15) is 11.5 Å². The van der Waals surface area contributed by atoms with E-state index in [1.54, 1.807) is 19.9 Å². The molecular formula is C12H15ClO4.